The van der Waals surface area contributed by atoms with Gasteiger partial charge in [0.15, 0.2) is 0 Å². The minimum absolute atomic E-state index is 0.0277. The zero-order valence-corrected chi connectivity index (χ0v) is 21.0. The summed E-state index contributed by atoms with van der Waals surface area (Å²) < 4.78 is 28.3. The molecule has 0 saturated carbocycles. The summed E-state index contributed by atoms with van der Waals surface area (Å²) in [5, 5.41) is 3.18. The van der Waals surface area contributed by atoms with E-state index in [1.807, 2.05) is 19.9 Å². The Hall–Kier alpha value is -2.54. The van der Waals surface area contributed by atoms with Gasteiger partial charge in [-0.2, -0.15) is 8.42 Å². The van der Waals surface area contributed by atoms with Gasteiger partial charge in [-0.15, -0.1) is 0 Å². The van der Waals surface area contributed by atoms with Gasteiger partial charge in [0, 0.05) is 18.3 Å². The van der Waals surface area contributed by atoms with Crippen molar-refractivity contribution in [1.29, 1.82) is 0 Å². The first kappa shape index (κ1) is 25.7. The van der Waals surface area contributed by atoms with E-state index >= 15 is 0 Å². The fourth-order valence-electron chi connectivity index (χ4n) is 3.42. The van der Waals surface area contributed by atoms with Gasteiger partial charge in [0.2, 0.25) is 0 Å². The van der Waals surface area contributed by atoms with Crippen LogP contribution in [0.25, 0.3) is 0 Å². The first-order valence-electron chi connectivity index (χ1n) is 11.2. The maximum atomic E-state index is 13.3. The zero-order valence-electron chi connectivity index (χ0n) is 20.2. The van der Waals surface area contributed by atoms with E-state index < -0.39 is 10.1 Å². The van der Waals surface area contributed by atoms with Gasteiger partial charge >= 0.3 is 16.1 Å². The van der Waals surface area contributed by atoms with Crippen molar-refractivity contribution in [1.82, 2.24) is 4.90 Å². The molecule has 0 atom stereocenters. The van der Waals surface area contributed by atoms with Crippen molar-refractivity contribution in [3.8, 4) is 5.75 Å². The van der Waals surface area contributed by atoms with Gasteiger partial charge in [0.25, 0.3) is 0 Å². The Kier molecular flexibility index (Phi) is 8.73. The van der Waals surface area contributed by atoms with Crippen LogP contribution >= 0.6 is 0 Å². The minimum atomic E-state index is -3.57. The SMILES string of the molecule is CCS(=O)(=O)Oc1ccc(CN(C(=O)Nc2c(C(C)C)cccc2C(C)C)C(C)C)cc1. The molecule has 0 aliphatic rings. The second-order valence-corrected chi connectivity index (χ2v) is 10.7. The van der Waals surface area contributed by atoms with Crippen LogP contribution in [0.15, 0.2) is 42.5 Å². The molecule has 2 aromatic rings. The van der Waals surface area contributed by atoms with Gasteiger partial charge < -0.3 is 14.4 Å². The Labute approximate surface area is 193 Å². The quantitative estimate of drug-likeness (QED) is 0.459. The fourth-order valence-corrected chi connectivity index (χ4v) is 3.94. The Morgan fingerprint density at radius 2 is 1.47 bits per heavy atom. The van der Waals surface area contributed by atoms with E-state index in [1.165, 1.54) is 6.92 Å². The number of nitrogens with one attached hydrogen (secondary N) is 1. The number of amides is 2. The maximum absolute atomic E-state index is 13.3. The molecule has 1 N–H and O–H groups in total. The van der Waals surface area contributed by atoms with Crippen LogP contribution in [0, 0.1) is 0 Å². The average molecular weight is 461 g/mol. The van der Waals surface area contributed by atoms with Gasteiger partial charge in [-0.3, -0.25) is 0 Å². The lowest BCUT2D eigenvalue weighted by Gasteiger charge is -2.29. The standard InChI is InChI=1S/C25H36N2O4S/c1-8-32(29,30)31-21-14-12-20(13-15-21)16-27(19(6)7)25(28)26-24-22(17(2)3)10-9-11-23(24)18(4)5/h9-15,17-19H,8,16H2,1-7H3,(H,26,28). The minimum Gasteiger partial charge on any atom is -0.382 e. The highest BCUT2D eigenvalue weighted by Gasteiger charge is 2.22. The Balaban J connectivity index is 2.25. The van der Waals surface area contributed by atoms with Gasteiger partial charge in [-0.25, -0.2) is 4.79 Å². The Bertz CT molecular complexity index is 986. The number of anilines is 1. The third-order valence-corrected chi connectivity index (χ3v) is 6.50. The van der Waals surface area contributed by atoms with Crippen molar-refractivity contribution in [2.75, 3.05) is 11.1 Å². The molecule has 0 radical (unpaired) electrons. The van der Waals surface area contributed by atoms with Crippen molar-refractivity contribution in [3.05, 3.63) is 59.2 Å². The van der Waals surface area contributed by atoms with Crippen molar-refractivity contribution in [2.45, 2.75) is 72.9 Å². The monoisotopic (exact) mass is 460 g/mol. The first-order valence-corrected chi connectivity index (χ1v) is 12.7. The third-order valence-electron chi connectivity index (χ3n) is 5.34. The molecule has 7 heteroatoms. The molecular formula is C25H36N2O4S. The van der Waals surface area contributed by atoms with Gasteiger partial charge in [0.1, 0.15) is 5.75 Å². The molecule has 0 aromatic heterocycles. The van der Waals surface area contributed by atoms with Gasteiger partial charge in [-0.1, -0.05) is 58.0 Å². The topological polar surface area (TPSA) is 75.7 Å². The number of para-hydroxylation sites is 1. The summed E-state index contributed by atoms with van der Waals surface area (Å²) in [6, 6.07) is 12.8. The lowest BCUT2D eigenvalue weighted by Crippen LogP contribution is -2.39. The molecule has 2 rings (SSSR count). The van der Waals surface area contributed by atoms with Crippen LogP contribution in [0.5, 0.6) is 5.75 Å². The molecule has 176 valence electrons. The summed E-state index contributed by atoms with van der Waals surface area (Å²) in [6.07, 6.45) is 0. The van der Waals surface area contributed by atoms with Crippen LogP contribution in [0.3, 0.4) is 0 Å². The summed E-state index contributed by atoms with van der Waals surface area (Å²) in [6.45, 7) is 14.4. The van der Waals surface area contributed by atoms with Crippen LogP contribution in [0.4, 0.5) is 10.5 Å². The fraction of sp³-hybridized carbons (Fsp3) is 0.480. The van der Waals surface area contributed by atoms with Gasteiger partial charge in [-0.05, 0) is 61.4 Å². The predicted octanol–water partition coefficient (Wildman–Crippen LogP) is 6.10. The van der Waals surface area contributed by atoms with E-state index in [2.05, 4.69) is 45.1 Å². The zero-order chi connectivity index (χ0) is 24.1. The smallest absolute Gasteiger partial charge is 0.322 e. The molecule has 32 heavy (non-hydrogen) atoms. The summed E-state index contributed by atoms with van der Waals surface area (Å²) >= 11 is 0. The van der Waals surface area contributed by atoms with Crippen LogP contribution < -0.4 is 9.50 Å². The highest BCUT2D eigenvalue weighted by Crippen LogP contribution is 2.32. The normalized spacial score (nSPS) is 11.8. The van der Waals surface area contributed by atoms with Crippen molar-refractivity contribution >= 4 is 21.8 Å². The van der Waals surface area contributed by atoms with Crippen LogP contribution in [0.1, 0.15) is 77.0 Å². The first-order chi connectivity index (χ1) is 14.9. The van der Waals surface area contributed by atoms with Gasteiger partial charge in [0.05, 0.1) is 5.75 Å². The molecule has 0 heterocycles. The summed E-state index contributed by atoms with van der Waals surface area (Å²) in [5.41, 5.74) is 4.01. The van der Waals surface area contributed by atoms with Crippen molar-refractivity contribution < 1.29 is 17.4 Å². The molecule has 0 unspecified atom stereocenters. The van der Waals surface area contributed by atoms with Crippen LogP contribution in [0.2, 0.25) is 0 Å². The number of hydrogen-bond acceptors (Lipinski definition) is 4. The van der Waals surface area contributed by atoms with E-state index in [1.54, 1.807) is 29.2 Å². The van der Waals surface area contributed by atoms with Crippen molar-refractivity contribution in [3.63, 3.8) is 0 Å². The summed E-state index contributed by atoms with van der Waals surface area (Å²) in [4.78, 5) is 15.1. The maximum Gasteiger partial charge on any atom is 0.322 e. The number of hydrogen-bond donors (Lipinski definition) is 1. The summed E-state index contributed by atoms with van der Waals surface area (Å²) in [5.74, 6) is 0.738. The molecule has 2 aromatic carbocycles. The lowest BCUT2D eigenvalue weighted by molar-refractivity contribution is 0.193. The second kappa shape index (κ2) is 10.9. The Morgan fingerprint density at radius 1 is 0.938 bits per heavy atom. The third kappa shape index (κ3) is 6.73. The molecule has 0 aliphatic heterocycles. The summed E-state index contributed by atoms with van der Waals surface area (Å²) in [7, 11) is -3.57. The number of urea groups is 1. The predicted molar refractivity (Wildman–Crippen MR) is 131 cm³/mol. The molecule has 0 bridgehead atoms. The molecule has 6 nitrogen and oxygen atoms in total. The highest BCUT2D eigenvalue weighted by atomic mass is 32.2. The number of rotatable bonds is 9. The van der Waals surface area contributed by atoms with E-state index in [-0.39, 0.29) is 35.4 Å². The molecule has 0 saturated heterocycles. The average Bonchev–Trinajstić information content (AvgIpc) is 2.72. The number of benzene rings is 2. The number of nitrogens with zero attached hydrogens (tertiary/aromatic N) is 1. The molecule has 0 fully saturated rings. The van der Waals surface area contributed by atoms with Crippen molar-refractivity contribution in [2.24, 2.45) is 0 Å². The Morgan fingerprint density at radius 3 is 1.91 bits per heavy atom. The van der Waals surface area contributed by atoms with E-state index in [4.69, 9.17) is 4.18 Å². The van der Waals surface area contributed by atoms with E-state index in [9.17, 15) is 13.2 Å². The number of carbonyl (C=O) groups excluding carboxylic acids is 1. The number of carbonyl (C=O) groups is 1. The van der Waals surface area contributed by atoms with E-state index in [0.717, 1.165) is 22.4 Å². The lowest BCUT2D eigenvalue weighted by atomic mass is 9.92. The molecular weight excluding hydrogens is 424 g/mol. The molecule has 0 spiro atoms. The largest absolute Gasteiger partial charge is 0.382 e. The molecule has 0 aliphatic carbocycles. The molecule has 2 amide bonds. The van der Waals surface area contributed by atoms with Crippen LogP contribution in [-0.4, -0.2) is 31.1 Å². The van der Waals surface area contributed by atoms with Crippen LogP contribution in [-0.2, 0) is 16.7 Å². The second-order valence-electron chi connectivity index (χ2n) is 8.85. The highest BCUT2D eigenvalue weighted by molar-refractivity contribution is 7.87. The van der Waals surface area contributed by atoms with E-state index in [0.29, 0.717) is 6.54 Å².